The molecule has 0 bridgehead atoms. The molecule has 1 aliphatic heterocycles. The molecular weight excluding hydrogens is 345 g/mol. The van der Waals surface area contributed by atoms with Crippen molar-refractivity contribution in [1.29, 1.82) is 0 Å². The van der Waals surface area contributed by atoms with Crippen LogP contribution in [0.25, 0.3) is 0 Å². The number of nitrogens with zero attached hydrogens (tertiary/aromatic N) is 1. The molecule has 3 rings (SSSR count). The second-order valence-electron chi connectivity index (χ2n) is 7.32. The highest BCUT2D eigenvalue weighted by atomic mass is 19.1. The molecule has 2 atom stereocenters. The molecule has 2 N–H and O–H groups in total. The fraction of sp³-hybridized carbons (Fsp3) is 0.429. The zero-order valence-electron chi connectivity index (χ0n) is 15.6. The van der Waals surface area contributed by atoms with Crippen molar-refractivity contribution < 1.29 is 9.18 Å². The Kier molecular flexibility index (Phi) is 6.40. The van der Waals surface area contributed by atoms with Crippen LogP contribution in [0.5, 0.6) is 0 Å². The lowest BCUT2D eigenvalue weighted by molar-refractivity contribution is -0.117. The standard InChI is InChI=1S/C21H26FN3O2/c1-15(17-4-2-10-23-13-17)12-20(26)24-19-5-3-11-25(21(19)27)14-16-6-8-18(22)9-7-16/h3,5-9,11,15,17,23H,2,4,10,12-14H2,1H3,(H,24,26). The number of carbonyl (C=O) groups excluding carboxylic acids is 1. The third kappa shape index (κ3) is 5.26. The van der Waals surface area contributed by atoms with E-state index in [4.69, 9.17) is 0 Å². The van der Waals surface area contributed by atoms with Crippen LogP contribution in [0, 0.1) is 17.7 Å². The van der Waals surface area contributed by atoms with Gasteiger partial charge in [0.2, 0.25) is 5.91 Å². The molecule has 0 aliphatic carbocycles. The highest BCUT2D eigenvalue weighted by molar-refractivity contribution is 5.90. The number of amides is 1. The number of aromatic nitrogens is 1. The highest BCUT2D eigenvalue weighted by Gasteiger charge is 2.22. The zero-order chi connectivity index (χ0) is 19.2. The molecule has 5 nitrogen and oxygen atoms in total. The summed E-state index contributed by atoms with van der Waals surface area (Å²) in [6.45, 7) is 4.42. The largest absolute Gasteiger partial charge is 0.321 e. The number of benzene rings is 1. The Morgan fingerprint density at radius 2 is 2.11 bits per heavy atom. The monoisotopic (exact) mass is 371 g/mol. The molecule has 2 aromatic rings. The molecule has 1 aromatic carbocycles. The Labute approximate surface area is 158 Å². The fourth-order valence-corrected chi connectivity index (χ4v) is 3.57. The van der Waals surface area contributed by atoms with Crippen molar-refractivity contribution in [2.45, 2.75) is 32.7 Å². The lowest BCUT2D eigenvalue weighted by Gasteiger charge is -2.28. The number of hydrogen-bond acceptors (Lipinski definition) is 3. The fourth-order valence-electron chi connectivity index (χ4n) is 3.57. The summed E-state index contributed by atoms with van der Waals surface area (Å²) in [6.07, 6.45) is 4.34. The van der Waals surface area contributed by atoms with Gasteiger partial charge in [0.05, 0.1) is 6.54 Å². The first-order valence-electron chi connectivity index (χ1n) is 9.47. The van der Waals surface area contributed by atoms with E-state index >= 15 is 0 Å². The molecule has 0 saturated carbocycles. The number of carbonyl (C=O) groups is 1. The van der Waals surface area contributed by atoms with Crippen molar-refractivity contribution in [3.05, 3.63) is 64.3 Å². The third-order valence-corrected chi connectivity index (χ3v) is 5.21. The molecule has 2 heterocycles. The van der Waals surface area contributed by atoms with E-state index in [1.165, 1.54) is 16.7 Å². The first kappa shape index (κ1) is 19.3. The lowest BCUT2D eigenvalue weighted by Crippen LogP contribution is -2.35. The Hall–Kier alpha value is -2.47. The van der Waals surface area contributed by atoms with Crippen LogP contribution in [0.2, 0.25) is 0 Å². The van der Waals surface area contributed by atoms with Gasteiger partial charge >= 0.3 is 0 Å². The number of halogens is 1. The SMILES string of the molecule is CC(CC(=O)Nc1cccn(Cc2ccc(F)cc2)c1=O)C1CCCNC1. The van der Waals surface area contributed by atoms with E-state index in [0.29, 0.717) is 18.9 Å². The maximum atomic E-state index is 13.0. The van der Waals surface area contributed by atoms with Crippen molar-refractivity contribution in [2.24, 2.45) is 11.8 Å². The summed E-state index contributed by atoms with van der Waals surface area (Å²) in [6, 6.07) is 9.38. The molecule has 2 unspecified atom stereocenters. The van der Waals surface area contributed by atoms with Gasteiger partial charge in [-0.3, -0.25) is 9.59 Å². The van der Waals surface area contributed by atoms with Crippen LogP contribution in [0.15, 0.2) is 47.4 Å². The summed E-state index contributed by atoms with van der Waals surface area (Å²) in [5.41, 5.74) is 0.834. The number of rotatable bonds is 6. The van der Waals surface area contributed by atoms with Gasteiger partial charge in [-0.15, -0.1) is 0 Å². The van der Waals surface area contributed by atoms with Crippen molar-refractivity contribution in [3.8, 4) is 0 Å². The Bertz CT molecular complexity index is 826. The number of piperidine rings is 1. The van der Waals surface area contributed by atoms with E-state index in [0.717, 1.165) is 31.5 Å². The van der Waals surface area contributed by atoms with Gasteiger partial charge < -0.3 is 15.2 Å². The van der Waals surface area contributed by atoms with E-state index in [1.54, 1.807) is 30.5 Å². The van der Waals surface area contributed by atoms with Crippen LogP contribution in [-0.4, -0.2) is 23.6 Å². The zero-order valence-corrected chi connectivity index (χ0v) is 15.6. The van der Waals surface area contributed by atoms with Crippen molar-refractivity contribution in [2.75, 3.05) is 18.4 Å². The normalized spacial score (nSPS) is 18.1. The minimum atomic E-state index is -0.311. The lowest BCUT2D eigenvalue weighted by atomic mass is 9.85. The minimum Gasteiger partial charge on any atom is -0.321 e. The molecular formula is C21H26FN3O2. The molecule has 27 heavy (non-hydrogen) atoms. The predicted molar refractivity (Wildman–Crippen MR) is 104 cm³/mol. The number of anilines is 1. The topological polar surface area (TPSA) is 63.1 Å². The second kappa shape index (κ2) is 8.95. The molecule has 1 saturated heterocycles. The van der Waals surface area contributed by atoms with Gasteiger partial charge in [-0.05, 0) is 67.6 Å². The number of nitrogens with one attached hydrogen (secondary N) is 2. The number of pyridine rings is 1. The predicted octanol–water partition coefficient (Wildman–Crippen LogP) is 3.00. The maximum absolute atomic E-state index is 13.0. The van der Waals surface area contributed by atoms with Crippen LogP contribution in [0.3, 0.4) is 0 Å². The van der Waals surface area contributed by atoms with Gasteiger partial charge in [0.25, 0.3) is 5.56 Å². The Morgan fingerprint density at radius 3 is 2.81 bits per heavy atom. The minimum absolute atomic E-state index is 0.135. The molecule has 1 fully saturated rings. The van der Waals surface area contributed by atoms with Crippen LogP contribution < -0.4 is 16.2 Å². The van der Waals surface area contributed by atoms with Crippen molar-refractivity contribution >= 4 is 11.6 Å². The van der Waals surface area contributed by atoms with Crippen molar-refractivity contribution in [1.82, 2.24) is 9.88 Å². The summed E-state index contributed by atoms with van der Waals surface area (Å²) < 4.78 is 14.5. The van der Waals surface area contributed by atoms with Gasteiger partial charge in [0.15, 0.2) is 0 Å². The summed E-state index contributed by atoms with van der Waals surface area (Å²) >= 11 is 0. The van der Waals surface area contributed by atoms with E-state index in [9.17, 15) is 14.0 Å². The summed E-state index contributed by atoms with van der Waals surface area (Å²) in [7, 11) is 0. The van der Waals surface area contributed by atoms with E-state index in [1.807, 2.05) is 0 Å². The third-order valence-electron chi connectivity index (χ3n) is 5.21. The average molecular weight is 371 g/mol. The van der Waals surface area contributed by atoms with Crippen LogP contribution in [0.4, 0.5) is 10.1 Å². The molecule has 6 heteroatoms. The van der Waals surface area contributed by atoms with Gasteiger partial charge in [0, 0.05) is 12.6 Å². The van der Waals surface area contributed by atoms with Crippen molar-refractivity contribution in [3.63, 3.8) is 0 Å². The maximum Gasteiger partial charge on any atom is 0.274 e. The van der Waals surface area contributed by atoms with E-state index in [-0.39, 0.29) is 28.9 Å². The summed E-state index contributed by atoms with van der Waals surface area (Å²) in [5, 5.41) is 6.14. The molecule has 1 aliphatic rings. The number of hydrogen-bond donors (Lipinski definition) is 2. The molecule has 0 spiro atoms. The van der Waals surface area contributed by atoms with Gasteiger partial charge in [-0.1, -0.05) is 19.1 Å². The van der Waals surface area contributed by atoms with Crippen LogP contribution in [-0.2, 0) is 11.3 Å². The van der Waals surface area contributed by atoms with E-state index < -0.39 is 0 Å². The van der Waals surface area contributed by atoms with Gasteiger partial charge in [0.1, 0.15) is 11.5 Å². The van der Waals surface area contributed by atoms with Crippen LogP contribution in [0.1, 0.15) is 31.7 Å². The second-order valence-corrected chi connectivity index (χ2v) is 7.32. The Morgan fingerprint density at radius 1 is 1.33 bits per heavy atom. The first-order valence-corrected chi connectivity index (χ1v) is 9.47. The summed E-state index contributed by atoms with van der Waals surface area (Å²) in [5.74, 6) is 0.317. The molecule has 0 radical (unpaired) electrons. The van der Waals surface area contributed by atoms with Gasteiger partial charge in [-0.25, -0.2) is 4.39 Å². The molecule has 1 amide bonds. The smallest absolute Gasteiger partial charge is 0.274 e. The van der Waals surface area contributed by atoms with Gasteiger partial charge in [-0.2, -0.15) is 0 Å². The molecule has 1 aromatic heterocycles. The van der Waals surface area contributed by atoms with E-state index in [2.05, 4.69) is 17.6 Å². The molecule has 144 valence electrons. The highest BCUT2D eigenvalue weighted by Crippen LogP contribution is 2.22. The quantitative estimate of drug-likeness (QED) is 0.821. The first-order chi connectivity index (χ1) is 13.0. The van der Waals surface area contributed by atoms with Crippen LogP contribution >= 0.6 is 0 Å². The Balaban J connectivity index is 1.63. The summed E-state index contributed by atoms with van der Waals surface area (Å²) in [4.78, 5) is 25.0. The average Bonchev–Trinajstić information content (AvgIpc) is 2.67.